The molecule has 1 aliphatic rings. The van der Waals surface area contributed by atoms with Crippen molar-refractivity contribution >= 4 is 13.6 Å². The lowest BCUT2D eigenvalue weighted by molar-refractivity contribution is -0.267. The summed E-state index contributed by atoms with van der Waals surface area (Å²) in [5.41, 5.74) is 4.17. The minimum Gasteiger partial charge on any atom is -0.391 e. The Bertz CT molecular complexity index is 716. The van der Waals surface area contributed by atoms with Gasteiger partial charge in [-0.2, -0.15) is 4.98 Å². The van der Waals surface area contributed by atoms with Gasteiger partial charge < -0.3 is 35.2 Å². The van der Waals surface area contributed by atoms with Crippen LogP contribution in [0.5, 0.6) is 0 Å². The zero-order valence-corrected chi connectivity index (χ0v) is 13.0. The highest BCUT2D eigenvalue weighted by Crippen LogP contribution is 2.52. The second-order valence-electron chi connectivity index (χ2n) is 4.89. The van der Waals surface area contributed by atoms with Crippen molar-refractivity contribution in [3.63, 3.8) is 0 Å². The minimum absolute atomic E-state index is 0.195. The molecule has 136 valence electrons. The van der Waals surface area contributed by atoms with Crippen molar-refractivity contribution in [3.05, 3.63) is 22.7 Å². The van der Waals surface area contributed by atoms with Gasteiger partial charge in [0.25, 0.3) is 5.85 Å². The van der Waals surface area contributed by atoms with E-state index >= 15 is 0 Å². The molecule has 1 aromatic heterocycles. The summed E-state index contributed by atoms with van der Waals surface area (Å²) >= 11 is 0. The third-order valence-corrected chi connectivity index (χ3v) is 3.82. The number of hydrogen-bond acceptors (Lipinski definition) is 9. The van der Waals surface area contributed by atoms with Crippen molar-refractivity contribution in [2.75, 3.05) is 19.5 Å². The number of aliphatic hydroxyl groups excluding tert-OH is 1. The number of aliphatic hydroxyl groups is 2. The summed E-state index contributed by atoms with van der Waals surface area (Å²) in [6.45, 7) is -1.16. The largest absolute Gasteiger partial charge is 0.470 e. The summed E-state index contributed by atoms with van der Waals surface area (Å²) in [5, 5.41) is 19.5. The number of alkyl halides is 1. The summed E-state index contributed by atoms with van der Waals surface area (Å²) in [6.07, 6.45) is -3.76. The van der Waals surface area contributed by atoms with Crippen molar-refractivity contribution in [1.82, 2.24) is 9.55 Å². The van der Waals surface area contributed by atoms with Gasteiger partial charge in [-0.05, 0) is 6.07 Å². The summed E-state index contributed by atoms with van der Waals surface area (Å²) in [5.74, 6) is -6.38. The minimum atomic E-state index is -5.33. The fourth-order valence-electron chi connectivity index (χ4n) is 2.26. The first kappa shape index (κ1) is 18.9. The predicted octanol–water partition coefficient (Wildman–Crippen LogP) is -2.17. The van der Waals surface area contributed by atoms with Gasteiger partial charge in [0.05, 0.1) is 0 Å². The van der Waals surface area contributed by atoms with Gasteiger partial charge in [-0.25, -0.2) is 13.8 Å². The van der Waals surface area contributed by atoms with Gasteiger partial charge >= 0.3 is 13.5 Å². The number of phosphoric acid groups is 1. The number of nitrogens with zero attached hydrogens (tertiary/aromatic N) is 2. The Hall–Kier alpha value is -1.44. The molecule has 1 aromatic rings. The number of phosphoric ester groups is 1. The fourth-order valence-corrected chi connectivity index (χ4v) is 2.84. The van der Waals surface area contributed by atoms with E-state index in [1.54, 1.807) is 0 Å². The number of methoxy groups -OCH3 is 1. The van der Waals surface area contributed by atoms with Gasteiger partial charge in [0, 0.05) is 13.3 Å². The molecule has 2 rings (SSSR count). The molecule has 1 saturated heterocycles. The molecule has 0 aromatic carbocycles. The summed E-state index contributed by atoms with van der Waals surface area (Å²) < 4.78 is 40.4. The van der Waals surface area contributed by atoms with Crippen LogP contribution in [0.25, 0.3) is 0 Å². The number of aromatic nitrogens is 2. The smallest absolute Gasteiger partial charge is 0.391 e. The van der Waals surface area contributed by atoms with Gasteiger partial charge in [0.15, 0.2) is 6.10 Å². The molecule has 0 bridgehead atoms. The maximum atomic E-state index is 14.9. The van der Waals surface area contributed by atoms with Gasteiger partial charge in [-0.15, -0.1) is 0 Å². The van der Waals surface area contributed by atoms with E-state index in [-0.39, 0.29) is 5.82 Å². The lowest BCUT2D eigenvalue weighted by atomic mass is 10.1. The number of halogens is 1. The second kappa shape index (κ2) is 6.13. The molecule has 4 atom stereocenters. The highest BCUT2D eigenvalue weighted by atomic mass is 31.2. The monoisotopic (exact) mass is 371 g/mol. The van der Waals surface area contributed by atoms with Crippen LogP contribution >= 0.6 is 7.82 Å². The van der Waals surface area contributed by atoms with Crippen molar-refractivity contribution in [1.29, 1.82) is 0 Å². The number of anilines is 1. The number of hydrogen-bond donors (Lipinski definition) is 5. The second-order valence-corrected chi connectivity index (χ2v) is 6.08. The van der Waals surface area contributed by atoms with Crippen LogP contribution in [0.4, 0.5) is 10.2 Å². The van der Waals surface area contributed by atoms with Crippen LogP contribution < -0.4 is 11.4 Å². The molecule has 6 N–H and O–H groups in total. The lowest BCUT2D eigenvalue weighted by Gasteiger charge is -2.31. The molecular weight excluding hydrogens is 356 g/mol. The highest BCUT2D eigenvalue weighted by molar-refractivity contribution is 7.46. The van der Waals surface area contributed by atoms with Crippen LogP contribution in [0, 0.1) is 0 Å². The van der Waals surface area contributed by atoms with Crippen molar-refractivity contribution in [2.45, 2.75) is 24.0 Å². The molecule has 0 saturated carbocycles. The normalized spacial score (nSPS) is 33.8. The maximum absolute atomic E-state index is 14.9. The molecule has 0 aliphatic carbocycles. The number of ether oxygens (including phenoxy) is 2. The predicted molar refractivity (Wildman–Crippen MR) is 72.8 cm³/mol. The summed E-state index contributed by atoms with van der Waals surface area (Å²) in [7, 11) is -4.42. The average Bonchev–Trinajstić information content (AvgIpc) is 2.67. The molecule has 0 spiro atoms. The van der Waals surface area contributed by atoms with Crippen LogP contribution in [0.1, 0.15) is 6.23 Å². The molecular formula is C10H15FN3O9P. The number of rotatable bonds is 5. The Balaban J connectivity index is 2.56. The molecule has 0 unspecified atom stereocenters. The zero-order valence-electron chi connectivity index (χ0n) is 12.1. The topological polar surface area (TPSA) is 187 Å². The van der Waals surface area contributed by atoms with Crippen molar-refractivity contribution < 1.29 is 43.0 Å². The fraction of sp³-hybridized carbons (Fsp3) is 0.600. The lowest BCUT2D eigenvalue weighted by Crippen LogP contribution is -2.53. The third-order valence-electron chi connectivity index (χ3n) is 3.34. The Labute approximate surface area is 133 Å². The van der Waals surface area contributed by atoms with E-state index in [2.05, 4.69) is 9.51 Å². The van der Waals surface area contributed by atoms with E-state index in [0.29, 0.717) is 4.57 Å². The van der Waals surface area contributed by atoms with Gasteiger partial charge in [0.1, 0.15) is 12.4 Å². The van der Waals surface area contributed by atoms with Crippen molar-refractivity contribution in [3.8, 4) is 0 Å². The molecule has 1 fully saturated rings. The summed E-state index contributed by atoms with van der Waals surface area (Å²) in [4.78, 5) is 32.9. The van der Waals surface area contributed by atoms with Crippen LogP contribution in [-0.4, -0.2) is 61.0 Å². The Morgan fingerprint density at radius 3 is 2.67 bits per heavy atom. The first-order valence-corrected chi connectivity index (χ1v) is 7.83. The summed E-state index contributed by atoms with van der Waals surface area (Å²) in [6, 6.07) is 1.09. The van der Waals surface area contributed by atoms with E-state index in [1.807, 2.05) is 0 Å². The molecule has 1 aliphatic heterocycles. The SMILES string of the molecule is CO[C@]1(CO)O[C@@H](n2ccc(N)nc2=O)[C@@](O)(F)[C@@H]1OP(=O)(O)O. The van der Waals surface area contributed by atoms with Crippen LogP contribution in [0.15, 0.2) is 17.1 Å². The Kier molecular flexibility index (Phi) is 4.82. The standard InChI is InChI=1S/C10H15FN3O9P/c1-21-9(4-15)6(23-24(18,19)20)10(11,17)7(22-9)14-3-2-5(12)13-8(14)16/h2-3,6-7,15,17H,4H2,1H3,(H2,12,13,16)(H2,18,19,20)/t6-,7-,9-,10-/m1/s1. The van der Waals surface area contributed by atoms with E-state index in [9.17, 15) is 24.0 Å². The average molecular weight is 371 g/mol. The van der Waals surface area contributed by atoms with Crippen LogP contribution in [0.2, 0.25) is 0 Å². The maximum Gasteiger partial charge on any atom is 0.470 e. The number of nitrogens with two attached hydrogens (primary N) is 1. The van der Waals surface area contributed by atoms with Crippen LogP contribution in [0.3, 0.4) is 0 Å². The molecule has 12 nitrogen and oxygen atoms in total. The van der Waals surface area contributed by atoms with E-state index < -0.39 is 44.1 Å². The van der Waals surface area contributed by atoms with E-state index in [0.717, 1.165) is 19.4 Å². The first-order chi connectivity index (χ1) is 11.0. The first-order valence-electron chi connectivity index (χ1n) is 6.30. The molecule has 14 heteroatoms. The van der Waals surface area contributed by atoms with Crippen LogP contribution in [-0.2, 0) is 18.6 Å². The Morgan fingerprint density at radius 1 is 1.58 bits per heavy atom. The van der Waals surface area contributed by atoms with E-state index in [1.165, 1.54) is 0 Å². The number of nitrogen functional groups attached to an aromatic ring is 1. The third kappa shape index (κ3) is 3.20. The molecule has 24 heavy (non-hydrogen) atoms. The molecule has 0 amide bonds. The molecule has 0 radical (unpaired) electrons. The quantitative estimate of drug-likeness (QED) is 0.354. The van der Waals surface area contributed by atoms with Gasteiger partial charge in [-0.1, -0.05) is 0 Å². The molecule has 2 heterocycles. The zero-order chi connectivity index (χ0) is 18.3. The highest BCUT2D eigenvalue weighted by Gasteiger charge is 2.69. The van der Waals surface area contributed by atoms with E-state index in [4.69, 9.17) is 25.0 Å². The van der Waals surface area contributed by atoms with Crippen molar-refractivity contribution in [2.24, 2.45) is 0 Å². The van der Waals surface area contributed by atoms with Gasteiger partial charge in [0.2, 0.25) is 12.0 Å². The Morgan fingerprint density at radius 2 is 2.21 bits per heavy atom. The van der Waals surface area contributed by atoms with Gasteiger partial charge in [-0.3, -0.25) is 9.09 Å².